The first-order valence-electron chi connectivity index (χ1n) is 6.59. The molecule has 0 N–H and O–H groups in total. The SMILES string of the molecule is COc1ccc(N(C)c2nc(Cl)nc3cccc(Cl)c23)cc1. The van der Waals surface area contributed by atoms with Gasteiger partial charge in [-0.25, -0.2) is 4.98 Å². The Hall–Kier alpha value is -2.04. The second kappa shape index (κ2) is 5.99. The van der Waals surface area contributed by atoms with E-state index in [9.17, 15) is 0 Å². The van der Waals surface area contributed by atoms with E-state index in [0.29, 0.717) is 16.4 Å². The second-order valence-electron chi connectivity index (χ2n) is 4.71. The summed E-state index contributed by atoms with van der Waals surface area (Å²) >= 11 is 12.4. The molecule has 0 fully saturated rings. The van der Waals surface area contributed by atoms with Crippen LogP contribution in [0, 0.1) is 0 Å². The predicted molar refractivity (Wildman–Crippen MR) is 90.6 cm³/mol. The number of anilines is 2. The molecule has 3 aromatic rings. The highest BCUT2D eigenvalue weighted by atomic mass is 35.5. The van der Waals surface area contributed by atoms with E-state index in [1.165, 1.54) is 0 Å². The molecule has 0 amide bonds. The van der Waals surface area contributed by atoms with E-state index in [0.717, 1.165) is 16.8 Å². The van der Waals surface area contributed by atoms with E-state index in [4.69, 9.17) is 27.9 Å². The standard InChI is InChI=1S/C16H13Cl2N3O/c1-21(10-6-8-11(22-2)9-7-10)15-14-12(17)4-3-5-13(14)19-16(18)20-15/h3-9H,1-2H3. The lowest BCUT2D eigenvalue weighted by Gasteiger charge is -2.20. The summed E-state index contributed by atoms with van der Waals surface area (Å²) in [5.74, 6) is 1.45. The van der Waals surface area contributed by atoms with E-state index in [1.807, 2.05) is 54.4 Å². The van der Waals surface area contributed by atoms with E-state index < -0.39 is 0 Å². The van der Waals surface area contributed by atoms with Gasteiger partial charge in [0.25, 0.3) is 0 Å². The summed E-state index contributed by atoms with van der Waals surface area (Å²) in [6.45, 7) is 0. The number of halogens is 2. The summed E-state index contributed by atoms with van der Waals surface area (Å²) in [6, 6.07) is 13.2. The number of aromatic nitrogens is 2. The van der Waals surface area contributed by atoms with Gasteiger partial charge in [0.1, 0.15) is 11.6 Å². The third-order valence-corrected chi connectivity index (χ3v) is 3.89. The lowest BCUT2D eigenvalue weighted by molar-refractivity contribution is 0.415. The highest BCUT2D eigenvalue weighted by molar-refractivity contribution is 6.36. The fraction of sp³-hybridized carbons (Fsp3) is 0.125. The fourth-order valence-corrected chi connectivity index (χ4v) is 2.69. The van der Waals surface area contributed by atoms with Gasteiger partial charge in [0, 0.05) is 12.7 Å². The first kappa shape index (κ1) is 14.9. The topological polar surface area (TPSA) is 38.2 Å². The molecule has 4 nitrogen and oxygen atoms in total. The predicted octanol–water partition coefficient (Wildman–Crippen LogP) is 4.71. The van der Waals surface area contributed by atoms with Crippen LogP contribution >= 0.6 is 23.2 Å². The van der Waals surface area contributed by atoms with Crippen molar-refractivity contribution < 1.29 is 4.74 Å². The van der Waals surface area contributed by atoms with Gasteiger partial charge < -0.3 is 9.64 Å². The Morgan fingerprint density at radius 3 is 2.41 bits per heavy atom. The molecular formula is C16H13Cl2N3O. The minimum atomic E-state index is 0.185. The van der Waals surface area contributed by atoms with Crippen LogP contribution in [0.3, 0.4) is 0 Å². The molecule has 0 aliphatic rings. The second-order valence-corrected chi connectivity index (χ2v) is 5.45. The van der Waals surface area contributed by atoms with Crippen LogP contribution in [0.5, 0.6) is 5.75 Å². The number of fused-ring (bicyclic) bond motifs is 1. The Bertz CT molecular complexity index is 821. The van der Waals surface area contributed by atoms with Crippen LogP contribution in [-0.4, -0.2) is 24.1 Å². The Morgan fingerprint density at radius 1 is 1.00 bits per heavy atom. The number of benzene rings is 2. The van der Waals surface area contributed by atoms with Crippen LogP contribution in [0.4, 0.5) is 11.5 Å². The molecule has 0 bridgehead atoms. The van der Waals surface area contributed by atoms with Crippen LogP contribution in [-0.2, 0) is 0 Å². The van der Waals surface area contributed by atoms with Crippen LogP contribution in [0.25, 0.3) is 10.9 Å². The van der Waals surface area contributed by atoms with Crippen molar-refractivity contribution in [1.82, 2.24) is 9.97 Å². The van der Waals surface area contributed by atoms with Crippen LogP contribution in [0.15, 0.2) is 42.5 Å². The van der Waals surface area contributed by atoms with Crippen molar-refractivity contribution in [3.8, 4) is 5.75 Å². The van der Waals surface area contributed by atoms with Crippen molar-refractivity contribution in [2.24, 2.45) is 0 Å². The smallest absolute Gasteiger partial charge is 0.224 e. The molecule has 0 unspecified atom stereocenters. The molecule has 1 aromatic heterocycles. The fourth-order valence-electron chi connectivity index (χ4n) is 2.27. The molecule has 112 valence electrons. The molecule has 0 aliphatic carbocycles. The quantitative estimate of drug-likeness (QED) is 0.650. The van der Waals surface area contributed by atoms with Gasteiger partial charge >= 0.3 is 0 Å². The molecule has 1 heterocycles. The lowest BCUT2D eigenvalue weighted by Crippen LogP contribution is -2.12. The molecule has 0 spiro atoms. The zero-order chi connectivity index (χ0) is 15.7. The van der Waals surface area contributed by atoms with Crippen LogP contribution in [0.2, 0.25) is 10.3 Å². The molecule has 0 saturated carbocycles. The third-order valence-electron chi connectivity index (χ3n) is 3.40. The highest BCUT2D eigenvalue weighted by Gasteiger charge is 2.15. The Labute approximate surface area is 138 Å². The number of ether oxygens (including phenoxy) is 1. The van der Waals surface area contributed by atoms with Crippen LogP contribution in [0.1, 0.15) is 0 Å². The Kier molecular flexibility index (Phi) is 4.05. The van der Waals surface area contributed by atoms with Crippen molar-refractivity contribution in [1.29, 1.82) is 0 Å². The monoisotopic (exact) mass is 333 g/mol. The van der Waals surface area contributed by atoms with Gasteiger partial charge in [-0.3, -0.25) is 0 Å². The summed E-state index contributed by atoms with van der Waals surface area (Å²) in [5, 5.41) is 1.54. The Morgan fingerprint density at radius 2 is 1.73 bits per heavy atom. The molecule has 2 aromatic carbocycles. The van der Waals surface area contributed by atoms with E-state index in [-0.39, 0.29) is 5.28 Å². The van der Waals surface area contributed by atoms with Crippen molar-refractivity contribution in [3.05, 3.63) is 52.8 Å². The summed E-state index contributed by atoms with van der Waals surface area (Å²) in [5.41, 5.74) is 1.65. The molecule has 3 rings (SSSR count). The zero-order valence-electron chi connectivity index (χ0n) is 12.0. The normalized spacial score (nSPS) is 10.7. The van der Waals surface area contributed by atoms with Crippen molar-refractivity contribution in [3.63, 3.8) is 0 Å². The summed E-state index contributed by atoms with van der Waals surface area (Å²) in [6.07, 6.45) is 0. The van der Waals surface area contributed by atoms with Crippen molar-refractivity contribution in [2.75, 3.05) is 19.1 Å². The van der Waals surface area contributed by atoms with Gasteiger partial charge in [-0.2, -0.15) is 4.98 Å². The molecule has 22 heavy (non-hydrogen) atoms. The maximum Gasteiger partial charge on any atom is 0.224 e. The number of nitrogens with zero attached hydrogens (tertiary/aromatic N) is 3. The molecular weight excluding hydrogens is 321 g/mol. The largest absolute Gasteiger partial charge is 0.497 e. The molecule has 0 aliphatic heterocycles. The van der Waals surface area contributed by atoms with Gasteiger partial charge in [-0.1, -0.05) is 17.7 Å². The molecule has 0 saturated heterocycles. The van der Waals surface area contributed by atoms with E-state index in [2.05, 4.69) is 9.97 Å². The number of methoxy groups -OCH3 is 1. The first-order valence-corrected chi connectivity index (χ1v) is 7.35. The maximum atomic E-state index is 6.32. The molecule has 0 atom stereocenters. The van der Waals surface area contributed by atoms with Crippen LogP contribution < -0.4 is 9.64 Å². The number of hydrogen-bond acceptors (Lipinski definition) is 4. The number of hydrogen-bond donors (Lipinski definition) is 0. The van der Waals surface area contributed by atoms with E-state index in [1.54, 1.807) is 7.11 Å². The van der Waals surface area contributed by atoms with Gasteiger partial charge in [0.2, 0.25) is 5.28 Å². The summed E-state index contributed by atoms with van der Waals surface area (Å²) in [7, 11) is 3.54. The molecule has 0 radical (unpaired) electrons. The number of rotatable bonds is 3. The van der Waals surface area contributed by atoms with Crippen molar-refractivity contribution in [2.45, 2.75) is 0 Å². The van der Waals surface area contributed by atoms with Gasteiger partial charge in [-0.05, 0) is 48.0 Å². The average molecular weight is 334 g/mol. The zero-order valence-corrected chi connectivity index (χ0v) is 13.6. The first-order chi connectivity index (χ1) is 10.6. The lowest BCUT2D eigenvalue weighted by atomic mass is 10.2. The van der Waals surface area contributed by atoms with Gasteiger partial charge in [0.15, 0.2) is 0 Å². The van der Waals surface area contributed by atoms with Gasteiger partial charge in [0.05, 0.1) is 23.0 Å². The van der Waals surface area contributed by atoms with Crippen molar-refractivity contribution >= 4 is 45.6 Å². The Balaban J connectivity index is 2.15. The maximum absolute atomic E-state index is 6.32. The minimum Gasteiger partial charge on any atom is -0.497 e. The summed E-state index contributed by atoms with van der Waals surface area (Å²) in [4.78, 5) is 10.5. The minimum absolute atomic E-state index is 0.185. The van der Waals surface area contributed by atoms with Gasteiger partial charge in [-0.15, -0.1) is 0 Å². The molecule has 6 heteroatoms. The highest BCUT2D eigenvalue weighted by Crippen LogP contribution is 2.34. The third kappa shape index (κ3) is 2.67. The van der Waals surface area contributed by atoms with E-state index >= 15 is 0 Å². The average Bonchev–Trinajstić information content (AvgIpc) is 2.53. The summed E-state index contributed by atoms with van der Waals surface area (Å²) < 4.78 is 5.18.